The number of ether oxygens (including phenoxy) is 1. The number of carbonyl (C=O) groups excluding carboxylic acids is 1. The van der Waals surface area contributed by atoms with Gasteiger partial charge in [-0.15, -0.1) is 10.2 Å². The molecule has 0 spiro atoms. The molecule has 1 fully saturated rings. The van der Waals surface area contributed by atoms with E-state index in [0.717, 1.165) is 5.56 Å². The average molecular weight is 537 g/mol. The maximum absolute atomic E-state index is 13.3. The molecule has 0 N–H and O–H groups in total. The number of halogens is 2. The molecule has 1 aliphatic rings. The molecule has 12 heteroatoms. The van der Waals surface area contributed by atoms with E-state index in [-0.39, 0.29) is 23.9 Å². The third-order valence-electron chi connectivity index (χ3n) is 6.03. The van der Waals surface area contributed by atoms with Crippen LogP contribution in [0.1, 0.15) is 50.4 Å². The van der Waals surface area contributed by atoms with Gasteiger partial charge in [0.15, 0.2) is 0 Å². The summed E-state index contributed by atoms with van der Waals surface area (Å²) in [6, 6.07) is 14.1. The Kier molecular flexibility index (Phi) is 6.94. The van der Waals surface area contributed by atoms with E-state index in [1.165, 1.54) is 16.8 Å². The van der Waals surface area contributed by atoms with E-state index < -0.39 is 24.0 Å². The van der Waals surface area contributed by atoms with Crippen LogP contribution in [0.3, 0.4) is 0 Å². The topological polar surface area (TPSA) is 116 Å². The van der Waals surface area contributed by atoms with Crippen LogP contribution in [-0.4, -0.2) is 54.4 Å². The maximum Gasteiger partial charge on any atom is 0.410 e. The van der Waals surface area contributed by atoms with Gasteiger partial charge >= 0.3 is 12.5 Å². The zero-order valence-corrected chi connectivity index (χ0v) is 21.5. The molecule has 0 atom stereocenters. The lowest BCUT2D eigenvalue weighted by Crippen LogP contribution is -2.50. The Morgan fingerprint density at radius 1 is 1.10 bits per heavy atom. The fourth-order valence-corrected chi connectivity index (χ4v) is 4.08. The lowest BCUT2D eigenvalue weighted by molar-refractivity contribution is 0.00785. The van der Waals surface area contributed by atoms with Crippen molar-refractivity contribution in [1.29, 1.82) is 0 Å². The van der Waals surface area contributed by atoms with Crippen LogP contribution in [0.15, 0.2) is 63.9 Å². The van der Waals surface area contributed by atoms with Crippen LogP contribution in [-0.2, 0) is 11.3 Å². The monoisotopic (exact) mass is 536 g/mol. The van der Waals surface area contributed by atoms with Crippen molar-refractivity contribution in [2.75, 3.05) is 13.1 Å². The fourth-order valence-electron chi connectivity index (χ4n) is 4.08. The van der Waals surface area contributed by atoms with Crippen molar-refractivity contribution >= 4 is 6.09 Å². The number of benzene rings is 1. The van der Waals surface area contributed by atoms with Crippen molar-refractivity contribution in [3.63, 3.8) is 0 Å². The van der Waals surface area contributed by atoms with Crippen molar-refractivity contribution in [2.24, 2.45) is 0 Å². The summed E-state index contributed by atoms with van der Waals surface area (Å²) >= 11 is 0. The van der Waals surface area contributed by atoms with Gasteiger partial charge < -0.3 is 14.1 Å². The average Bonchev–Trinajstić information content (AvgIpc) is 3.35. The number of likely N-dealkylation sites (tertiary alicyclic amines) is 1. The molecular formula is C27H26F2N6O4. The van der Waals surface area contributed by atoms with Crippen LogP contribution in [0.2, 0.25) is 0 Å². The van der Waals surface area contributed by atoms with E-state index >= 15 is 0 Å². The van der Waals surface area contributed by atoms with E-state index in [1.807, 2.05) is 51.1 Å². The number of hydrogen-bond donors (Lipinski definition) is 0. The molecule has 202 valence electrons. The molecule has 10 nitrogen and oxygen atoms in total. The zero-order valence-electron chi connectivity index (χ0n) is 21.5. The summed E-state index contributed by atoms with van der Waals surface area (Å²) in [7, 11) is 0. The Hall–Kier alpha value is -4.48. The van der Waals surface area contributed by atoms with Gasteiger partial charge in [0.2, 0.25) is 5.89 Å². The van der Waals surface area contributed by atoms with E-state index in [4.69, 9.17) is 14.1 Å². The molecule has 39 heavy (non-hydrogen) atoms. The number of alkyl halides is 2. The second kappa shape index (κ2) is 10.4. The Labute approximate surface area is 222 Å². The lowest BCUT2D eigenvalue weighted by Gasteiger charge is -2.39. The van der Waals surface area contributed by atoms with Gasteiger partial charge in [-0.25, -0.2) is 9.78 Å². The summed E-state index contributed by atoms with van der Waals surface area (Å²) in [4.78, 5) is 36.4. The number of aromatic nitrogens is 5. The van der Waals surface area contributed by atoms with Crippen molar-refractivity contribution in [2.45, 2.75) is 45.3 Å². The molecule has 3 aromatic heterocycles. The predicted octanol–water partition coefficient (Wildman–Crippen LogP) is 4.68. The molecule has 0 aliphatic carbocycles. The van der Waals surface area contributed by atoms with E-state index in [0.29, 0.717) is 35.9 Å². The summed E-state index contributed by atoms with van der Waals surface area (Å²) in [6.07, 6.45) is -1.83. The number of hydrogen-bond acceptors (Lipinski definition) is 8. The number of rotatable bonds is 6. The van der Waals surface area contributed by atoms with Crippen LogP contribution < -0.4 is 5.56 Å². The first-order valence-corrected chi connectivity index (χ1v) is 12.3. The highest BCUT2D eigenvalue weighted by atomic mass is 19.3. The van der Waals surface area contributed by atoms with Crippen LogP contribution in [0.25, 0.3) is 22.8 Å². The highest BCUT2D eigenvalue weighted by Crippen LogP contribution is 2.29. The molecule has 0 saturated carbocycles. The number of pyridine rings is 1. The predicted molar refractivity (Wildman–Crippen MR) is 136 cm³/mol. The number of nitrogens with zero attached hydrogens (tertiary/aromatic N) is 6. The smallest absolute Gasteiger partial charge is 0.410 e. The SMILES string of the molecule is CC(C)(C)OC(=O)N1CC(c2cc(=O)n(Cc3ccc(-c4nnc(C(F)F)o4)cn3)c(-c3ccccc3)n2)C1. The first-order chi connectivity index (χ1) is 18.6. The lowest BCUT2D eigenvalue weighted by atomic mass is 9.96. The Balaban J connectivity index is 1.39. The standard InChI is InChI=1S/C27H26F2N6O4/c1-27(2,3)39-26(37)34-13-18(14-34)20-11-21(36)35(23(31-20)16-7-5-4-6-8-16)15-19-10-9-17(12-30-19)24-32-33-25(38-24)22(28)29/h4-12,18,22H,13-15H2,1-3H3. The highest BCUT2D eigenvalue weighted by Gasteiger charge is 2.36. The van der Waals surface area contributed by atoms with E-state index in [1.54, 1.807) is 17.0 Å². The summed E-state index contributed by atoms with van der Waals surface area (Å²) in [5.74, 6) is -0.455. The molecule has 5 rings (SSSR count). The van der Waals surface area contributed by atoms with Crippen LogP contribution in [0.5, 0.6) is 0 Å². The number of carbonyl (C=O) groups is 1. The minimum Gasteiger partial charge on any atom is -0.444 e. The van der Waals surface area contributed by atoms with Gasteiger partial charge in [0, 0.05) is 36.8 Å². The summed E-state index contributed by atoms with van der Waals surface area (Å²) in [5.41, 5.74) is 1.42. The Morgan fingerprint density at radius 3 is 2.46 bits per heavy atom. The molecule has 4 heterocycles. The normalized spacial score (nSPS) is 13.9. The quantitative estimate of drug-likeness (QED) is 0.349. The largest absolute Gasteiger partial charge is 0.444 e. The second-order valence-corrected chi connectivity index (χ2v) is 10.2. The van der Waals surface area contributed by atoms with Crippen LogP contribution in [0.4, 0.5) is 13.6 Å². The van der Waals surface area contributed by atoms with E-state index in [2.05, 4.69) is 15.2 Å². The number of amides is 1. The third kappa shape index (κ3) is 5.84. The zero-order chi connectivity index (χ0) is 27.7. The highest BCUT2D eigenvalue weighted by molar-refractivity contribution is 5.69. The molecule has 1 amide bonds. The first kappa shape index (κ1) is 26.1. The third-order valence-corrected chi connectivity index (χ3v) is 6.03. The van der Waals surface area contributed by atoms with Gasteiger partial charge in [0.25, 0.3) is 11.4 Å². The minimum atomic E-state index is -2.86. The van der Waals surface area contributed by atoms with Crippen molar-refractivity contribution in [3.8, 4) is 22.8 Å². The molecule has 1 saturated heterocycles. The summed E-state index contributed by atoms with van der Waals surface area (Å²) in [6.45, 7) is 6.37. The van der Waals surface area contributed by atoms with Crippen molar-refractivity contribution in [1.82, 2.24) is 29.6 Å². The van der Waals surface area contributed by atoms with Gasteiger partial charge in [0.05, 0.1) is 23.5 Å². The summed E-state index contributed by atoms with van der Waals surface area (Å²) < 4.78 is 37.4. The van der Waals surface area contributed by atoms with Gasteiger partial charge in [0.1, 0.15) is 11.4 Å². The van der Waals surface area contributed by atoms with Gasteiger partial charge in [-0.2, -0.15) is 8.78 Å². The molecule has 4 aromatic rings. The molecule has 1 aliphatic heterocycles. The second-order valence-electron chi connectivity index (χ2n) is 10.2. The molecule has 1 aromatic carbocycles. The van der Waals surface area contributed by atoms with Gasteiger partial charge in [-0.1, -0.05) is 30.3 Å². The van der Waals surface area contributed by atoms with Gasteiger partial charge in [-0.05, 0) is 32.9 Å². The van der Waals surface area contributed by atoms with Crippen molar-refractivity contribution in [3.05, 3.63) is 82.4 Å². The van der Waals surface area contributed by atoms with E-state index in [9.17, 15) is 18.4 Å². The summed E-state index contributed by atoms with van der Waals surface area (Å²) in [5, 5.41) is 6.95. The van der Waals surface area contributed by atoms with Crippen LogP contribution in [0, 0.1) is 0 Å². The maximum atomic E-state index is 13.3. The molecular weight excluding hydrogens is 510 g/mol. The molecule has 0 bridgehead atoms. The first-order valence-electron chi connectivity index (χ1n) is 12.3. The Bertz CT molecular complexity index is 1520. The fraction of sp³-hybridized carbons (Fsp3) is 0.333. The van der Waals surface area contributed by atoms with Crippen molar-refractivity contribution < 1.29 is 22.7 Å². The Morgan fingerprint density at radius 2 is 1.85 bits per heavy atom. The minimum absolute atomic E-state index is 0.0709. The van der Waals surface area contributed by atoms with Gasteiger partial charge in [-0.3, -0.25) is 14.3 Å². The van der Waals surface area contributed by atoms with Crippen LogP contribution >= 0.6 is 0 Å². The molecule has 0 radical (unpaired) electrons. The molecule has 0 unspecified atom stereocenters.